The van der Waals surface area contributed by atoms with Gasteiger partial charge >= 0.3 is 0 Å². The zero-order valence-electron chi connectivity index (χ0n) is 19.5. The van der Waals surface area contributed by atoms with Gasteiger partial charge in [0, 0.05) is 42.2 Å². The van der Waals surface area contributed by atoms with Crippen molar-refractivity contribution in [1.82, 2.24) is 19.9 Å². The summed E-state index contributed by atoms with van der Waals surface area (Å²) >= 11 is 5.87. The second kappa shape index (κ2) is 9.27. The van der Waals surface area contributed by atoms with Crippen molar-refractivity contribution < 1.29 is 4.74 Å². The summed E-state index contributed by atoms with van der Waals surface area (Å²) in [5.41, 5.74) is 6.84. The van der Waals surface area contributed by atoms with Crippen molar-refractivity contribution in [2.75, 3.05) is 12.0 Å². The quantitative estimate of drug-likeness (QED) is 0.395. The molecule has 1 aromatic carbocycles. The van der Waals surface area contributed by atoms with Crippen molar-refractivity contribution in [3.05, 3.63) is 107 Å². The van der Waals surface area contributed by atoms with Gasteiger partial charge in [-0.1, -0.05) is 6.07 Å². The van der Waals surface area contributed by atoms with Gasteiger partial charge in [-0.3, -0.25) is 9.97 Å². The number of ether oxygens (including phenoxy) is 1. The molecule has 0 bridgehead atoms. The molecule has 0 amide bonds. The number of hydrogen-bond donors (Lipinski definition) is 1. The highest BCUT2D eigenvalue weighted by molar-refractivity contribution is 7.80. The van der Waals surface area contributed by atoms with Gasteiger partial charge in [-0.25, -0.2) is 0 Å². The Morgan fingerprint density at radius 3 is 2.44 bits per heavy atom. The summed E-state index contributed by atoms with van der Waals surface area (Å²) in [6.07, 6.45) is 5.51. The van der Waals surface area contributed by atoms with Gasteiger partial charge in [0.25, 0.3) is 0 Å². The maximum Gasteiger partial charge on any atom is 0.174 e. The van der Waals surface area contributed by atoms with Crippen LogP contribution in [0.4, 0.5) is 5.69 Å². The van der Waals surface area contributed by atoms with Gasteiger partial charge in [-0.2, -0.15) is 0 Å². The third kappa shape index (κ3) is 4.03. The highest BCUT2D eigenvalue weighted by atomic mass is 32.1. The van der Waals surface area contributed by atoms with E-state index in [-0.39, 0.29) is 12.1 Å². The Hall–Kier alpha value is -3.71. The summed E-state index contributed by atoms with van der Waals surface area (Å²) in [6.45, 7) is 5.14. The number of nitrogens with one attached hydrogen (secondary N) is 1. The van der Waals surface area contributed by atoms with Gasteiger partial charge in [0.15, 0.2) is 5.11 Å². The largest absolute Gasteiger partial charge is 0.497 e. The summed E-state index contributed by atoms with van der Waals surface area (Å²) < 4.78 is 7.73. The van der Waals surface area contributed by atoms with E-state index in [1.807, 2.05) is 42.9 Å². The summed E-state index contributed by atoms with van der Waals surface area (Å²) in [5.74, 6) is 0.815. The van der Waals surface area contributed by atoms with Crippen LogP contribution in [-0.4, -0.2) is 26.8 Å². The number of benzene rings is 1. The van der Waals surface area contributed by atoms with E-state index in [0.717, 1.165) is 23.7 Å². The van der Waals surface area contributed by atoms with Crippen molar-refractivity contribution in [2.45, 2.75) is 32.5 Å². The van der Waals surface area contributed by atoms with Crippen molar-refractivity contribution in [2.24, 2.45) is 0 Å². The van der Waals surface area contributed by atoms with Crippen molar-refractivity contribution in [3.8, 4) is 5.75 Å². The fraction of sp³-hybridized carbons (Fsp3) is 0.222. The molecular weight excluding hydrogens is 442 g/mol. The summed E-state index contributed by atoms with van der Waals surface area (Å²) in [7, 11) is 1.68. The molecule has 1 saturated heterocycles. The lowest BCUT2D eigenvalue weighted by Gasteiger charge is -2.28. The molecule has 34 heavy (non-hydrogen) atoms. The van der Waals surface area contributed by atoms with Crippen molar-refractivity contribution >= 4 is 23.0 Å². The SMILES string of the molecule is COc1ccc(N2C(=S)N[C@@H](c3ccccn3)[C@H]2c2cc(C)n(Cc3ccncc3)c2C)cc1. The van der Waals surface area contributed by atoms with Crippen LogP contribution in [0.15, 0.2) is 79.3 Å². The molecular formula is C27H27N5OS. The van der Waals surface area contributed by atoms with E-state index in [4.69, 9.17) is 17.0 Å². The Bertz CT molecular complexity index is 1290. The molecule has 2 atom stereocenters. The molecule has 1 fully saturated rings. The number of hydrogen-bond acceptors (Lipinski definition) is 4. The van der Waals surface area contributed by atoms with Crippen LogP contribution in [0.5, 0.6) is 5.75 Å². The van der Waals surface area contributed by atoms with Crippen LogP contribution >= 0.6 is 12.2 Å². The first kappa shape index (κ1) is 22.1. The first-order valence-corrected chi connectivity index (χ1v) is 11.7. The van der Waals surface area contributed by atoms with E-state index >= 15 is 0 Å². The summed E-state index contributed by atoms with van der Waals surface area (Å²) in [6, 6.07) is 20.3. The average Bonchev–Trinajstić information content (AvgIpc) is 3.36. The molecule has 0 saturated carbocycles. The van der Waals surface area contributed by atoms with Crippen LogP contribution in [0, 0.1) is 13.8 Å². The number of nitrogens with zero attached hydrogens (tertiary/aromatic N) is 4. The van der Waals surface area contributed by atoms with E-state index in [2.05, 4.69) is 75.0 Å². The van der Waals surface area contributed by atoms with Crippen molar-refractivity contribution in [3.63, 3.8) is 0 Å². The maximum atomic E-state index is 5.87. The number of rotatable bonds is 6. The Balaban J connectivity index is 1.61. The van der Waals surface area contributed by atoms with E-state index in [1.165, 1.54) is 22.5 Å². The van der Waals surface area contributed by atoms with Crippen LogP contribution in [0.3, 0.4) is 0 Å². The highest BCUT2D eigenvalue weighted by Crippen LogP contribution is 2.43. The number of thiocarbonyl (C=S) groups is 1. The van der Waals surface area contributed by atoms with E-state index < -0.39 is 0 Å². The van der Waals surface area contributed by atoms with Crippen LogP contribution in [0.1, 0.15) is 40.3 Å². The predicted molar refractivity (Wildman–Crippen MR) is 138 cm³/mol. The lowest BCUT2D eigenvalue weighted by Crippen LogP contribution is -2.29. The van der Waals surface area contributed by atoms with Gasteiger partial charge < -0.3 is 19.5 Å². The number of aryl methyl sites for hydroxylation is 1. The van der Waals surface area contributed by atoms with Crippen LogP contribution in [0.25, 0.3) is 0 Å². The molecule has 172 valence electrons. The summed E-state index contributed by atoms with van der Waals surface area (Å²) in [4.78, 5) is 11.0. The smallest absolute Gasteiger partial charge is 0.174 e. The minimum Gasteiger partial charge on any atom is -0.497 e. The number of aromatic nitrogens is 3. The van der Waals surface area contributed by atoms with Gasteiger partial charge in [-0.15, -0.1) is 0 Å². The monoisotopic (exact) mass is 469 g/mol. The Labute approximate surface area is 205 Å². The predicted octanol–water partition coefficient (Wildman–Crippen LogP) is 5.13. The molecule has 7 heteroatoms. The van der Waals surface area contributed by atoms with Crippen molar-refractivity contribution in [1.29, 1.82) is 0 Å². The number of anilines is 1. The fourth-order valence-corrected chi connectivity index (χ4v) is 5.08. The van der Waals surface area contributed by atoms with Gasteiger partial charge in [0.2, 0.25) is 0 Å². The number of pyridine rings is 2. The molecule has 1 aliphatic heterocycles. The maximum absolute atomic E-state index is 5.87. The molecule has 0 unspecified atom stereocenters. The van der Waals surface area contributed by atoms with Gasteiger partial charge in [0.05, 0.1) is 24.9 Å². The lowest BCUT2D eigenvalue weighted by molar-refractivity contribution is 0.415. The molecule has 6 nitrogen and oxygen atoms in total. The van der Waals surface area contributed by atoms with E-state index in [1.54, 1.807) is 7.11 Å². The van der Waals surface area contributed by atoms with Crippen LogP contribution < -0.4 is 15.0 Å². The highest BCUT2D eigenvalue weighted by Gasteiger charge is 2.42. The zero-order chi connectivity index (χ0) is 23.7. The molecule has 4 aromatic rings. The second-order valence-corrected chi connectivity index (χ2v) is 8.85. The molecule has 1 N–H and O–H groups in total. The first-order valence-electron chi connectivity index (χ1n) is 11.3. The minimum atomic E-state index is -0.0781. The first-order chi connectivity index (χ1) is 16.6. The Morgan fingerprint density at radius 1 is 1.00 bits per heavy atom. The molecule has 4 heterocycles. The van der Waals surface area contributed by atoms with E-state index in [9.17, 15) is 0 Å². The molecule has 0 radical (unpaired) electrons. The minimum absolute atomic E-state index is 0.0480. The lowest BCUT2D eigenvalue weighted by atomic mass is 9.96. The molecule has 0 aliphatic carbocycles. The second-order valence-electron chi connectivity index (χ2n) is 8.46. The van der Waals surface area contributed by atoms with Crippen LogP contribution in [-0.2, 0) is 6.54 Å². The average molecular weight is 470 g/mol. The Morgan fingerprint density at radius 2 is 1.76 bits per heavy atom. The topological polar surface area (TPSA) is 55.2 Å². The summed E-state index contributed by atoms with van der Waals surface area (Å²) in [5, 5.41) is 4.23. The van der Waals surface area contributed by atoms with Gasteiger partial charge in [-0.05, 0) is 91.8 Å². The third-order valence-electron chi connectivity index (χ3n) is 6.47. The molecule has 5 rings (SSSR count). The van der Waals surface area contributed by atoms with E-state index in [0.29, 0.717) is 5.11 Å². The van der Waals surface area contributed by atoms with Gasteiger partial charge in [0.1, 0.15) is 5.75 Å². The molecule has 0 spiro atoms. The third-order valence-corrected chi connectivity index (χ3v) is 6.78. The normalized spacial score (nSPS) is 17.6. The zero-order valence-corrected chi connectivity index (χ0v) is 20.3. The number of methoxy groups -OCH3 is 1. The fourth-order valence-electron chi connectivity index (χ4n) is 4.73. The standard InChI is InChI=1S/C27H27N5OS/c1-18-16-23(19(2)31(18)17-20-11-14-28-15-12-20)26-25(24-6-4-5-13-29-24)30-27(34)32(26)21-7-9-22(33-3)10-8-21/h4-16,25-26H,17H2,1-3H3,(H,30,34)/t25-,26+/m0/s1. The molecule has 3 aromatic heterocycles. The van der Waals surface area contributed by atoms with Crippen LogP contribution in [0.2, 0.25) is 0 Å². The Kier molecular flexibility index (Phi) is 6.02. The molecule has 1 aliphatic rings.